The number of hydrogen-bond acceptors (Lipinski definition) is 4. The van der Waals surface area contributed by atoms with Crippen LogP contribution in [0, 0.1) is 13.8 Å². The van der Waals surface area contributed by atoms with Crippen molar-refractivity contribution in [3.63, 3.8) is 0 Å². The van der Waals surface area contributed by atoms with E-state index < -0.39 is 5.54 Å². The molecule has 1 aliphatic rings. The van der Waals surface area contributed by atoms with Gasteiger partial charge in [0.25, 0.3) is 5.91 Å². The molecule has 4 aromatic rings. The lowest BCUT2D eigenvalue weighted by atomic mass is 9.92. The van der Waals surface area contributed by atoms with Crippen LogP contribution >= 0.6 is 0 Å². The molecule has 0 fully saturated rings. The minimum atomic E-state index is -1.19. The monoisotopic (exact) mass is 494 g/mol. The molecule has 7 nitrogen and oxygen atoms in total. The lowest BCUT2D eigenvalue weighted by Gasteiger charge is -2.43. The van der Waals surface area contributed by atoms with Crippen LogP contribution in [0.3, 0.4) is 0 Å². The third-order valence-corrected chi connectivity index (χ3v) is 7.14. The number of methoxy groups -OCH3 is 1. The molecular formula is C30H30N4O3. The topological polar surface area (TPSA) is 76.5 Å². The summed E-state index contributed by atoms with van der Waals surface area (Å²) in [5, 5.41) is 7.80. The summed E-state index contributed by atoms with van der Waals surface area (Å²) in [5.74, 6) is 0.245. The van der Waals surface area contributed by atoms with Crippen LogP contribution in [-0.2, 0) is 17.9 Å². The first-order valence-corrected chi connectivity index (χ1v) is 12.3. The number of ether oxygens (including phenoxy) is 1. The van der Waals surface area contributed by atoms with E-state index in [-0.39, 0.29) is 18.4 Å². The second-order valence-corrected chi connectivity index (χ2v) is 9.60. The number of aromatic nitrogens is 2. The highest BCUT2D eigenvalue weighted by molar-refractivity contribution is 6.12. The van der Waals surface area contributed by atoms with E-state index in [0.717, 1.165) is 33.7 Å². The van der Waals surface area contributed by atoms with Crippen LogP contribution in [0.15, 0.2) is 78.9 Å². The number of rotatable bonds is 6. The predicted octanol–water partition coefficient (Wildman–Crippen LogP) is 4.91. The van der Waals surface area contributed by atoms with Gasteiger partial charge in [-0.25, -0.2) is 0 Å². The van der Waals surface area contributed by atoms with Gasteiger partial charge in [-0.15, -0.1) is 0 Å². The number of anilines is 1. The Balaban J connectivity index is 1.56. The lowest BCUT2D eigenvalue weighted by molar-refractivity contribution is -0.126. The minimum Gasteiger partial charge on any atom is -0.497 e. The van der Waals surface area contributed by atoms with Gasteiger partial charge < -0.3 is 10.1 Å². The highest BCUT2D eigenvalue weighted by Gasteiger charge is 2.49. The molecule has 0 bridgehead atoms. The van der Waals surface area contributed by atoms with Gasteiger partial charge in [-0.05, 0) is 73.9 Å². The maximum atomic E-state index is 14.1. The molecule has 1 N–H and O–H groups in total. The average Bonchev–Trinajstić information content (AvgIpc) is 3.34. The van der Waals surface area contributed by atoms with Gasteiger partial charge in [0.15, 0.2) is 0 Å². The van der Waals surface area contributed by atoms with Crippen LogP contribution in [0.25, 0.3) is 11.3 Å². The Morgan fingerprint density at radius 3 is 2.46 bits per heavy atom. The summed E-state index contributed by atoms with van der Waals surface area (Å²) < 4.78 is 6.92. The molecule has 5 rings (SSSR count). The van der Waals surface area contributed by atoms with E-state index in [1.807, 2.05) is 93.6 Å². The Hall–Kier alpha value is -4.39. The highest BCUT2D eigenvalue weighted by Crippen LogP contribution is 2.36. The molecular weight excluding hydrogens is 464 g/mol. The largest absolute Gasteiger partial charge is 0.497 e. The van der Waals surface area contributed by atoms with Crippen molar-refractivity contribution in [3.05, 3.63) is 101 Å². The molecule has 0 saturated heterocycles. The predicted molar refractivity (Wildman–Crippen MR) is 144 cm³/mol. The summed E-state index contributed by atoms with van der Waals surface area (Å²) in [7, 11) is 1.62. The van der Waals surface area contributed by atoms with Crippen LogP contribution < -0.4 is 15.0 Å². The summed E-state index contributed by atoms with van der Waals surface area (Å²) in [5.41, 5.74) is 4.50. The van der Waals surface area contributed by atoms with E-state index in [2.05, 4.69) is 5.32 Å². The summed E-state index contributed by atoms with van der Waals surface area (Å²) in [6, 6.07) is 24.9. The van der Waals surface area contributed by atoms with Gasteiger partial charge in [-0.2, -0.15) is 5.10 Å². The first-order chi connectivity index (χ1) is 17.8. The molecule has 0 spiro atoms. The molecule has 1 aromatic heterocycles. The molecule has 2 amide bonds. The van der Waals surface area contributed by atoms with E-state index in [0.29, 0.717) is 17.9 Å². The molecule has 0 radical (unpaired) electrons. The number of carbonyl (C=O) groups excluding carboxylic acids is 2. The summed E-state index contributed by atoms with van der Waals surface area (Å²) in [6.45, 7) is 6.39. The number of fused-ring (bicyclic) bond motifs is 1. The molecule has 0 saturated carbocycles. The van der Waals surface area contributed by atoms with Gasteiger partial charge in [0.2, 0.25) is 5.91 Å². The first kappa shape index (κ1) is 24.3. The Morgan fingerprint density at radius 1 is 1.03 bits per heavy atom. The molecule has 188 valence electrons. The smallest absolute Gasteiger partial charge is 0.277 e. The standard InChI is InChI=1S/C30H30N4O3/c1-20-9-8-12-26(21(20)2)34-28(35)27-17-25(23-13-15-24(37-4)16-14-23)32-33(27)19-30(34,3)29(36)31-18-22-10-6-5-7-11-22/h5-17H,18-19H2,1-4H3,(H,31,36). The SMILES string of the molecule is COc1ccc(-c2cc3n(n2)CC(C)(C(=O)NCc2ccccc2)N(c2cccc(C)c2C)C3=O)cc1. The van der Waals surface area contributed by atoms with Crippen LogP contribution in [-0.4, -0.2) is 34.2 Å². The van der Waals surface area contributed by atoms with Crippen molar-refractivity contribution in [2.24, 2.45) is 0 Å². The number of benzene rings is 3. The van der Waals surface area contributed by atoms with Crippen molar-refractivity contribution in [2.75, 3.05) is 12.0 Å². The maximum absolute atomic E-state index is 14.1. The van der Waals surface area contributed by atoms with E-state index in [1.165, 1.54) is 0 Å². The van der Waals surface area contributed by atoms with E-state index in [9.17, 15) is 9.59 Å². The molecule has 2 heterocycles. The van der Waals surface area contributed by atoms with Crippen molar-refractivity contribution in [1.82, 2.24) is 15.1 Å². The molecule has 1 unspecified atom stereocenters. The van der Waals surface area contributed by atoms with E-state index in [1.54, 1.807) is 22.8 Å². The normalized spacial score (nSPS) is 16.9. The van der Waals surface area contributed by atoms with Gasteiger partial charge >= 0.3 is 0 Å². The fraction of sp³-hybridized carbons (Fsp3) is 0.233. The van der Waals surface area contributed by atoms with E-state index >= 15 is 0 Å². The van der Waals surface area contributed by atoms with Crippen LogP contribution in [0.1, 0.15) is 34.1 Å². The lowest BCUT2D eigenvalue weighted by Crippen LogP contribution is -2.64. The number of aryl methyl sites for hydroxylation is 1. The molecule has 1 atom stereocenters. The summed E-state index contributed by atoms with van der Waals surface area (Å²) in [4.78, 5) is 29.5. The minimum absolute atomic E-state index is 0.220. The third kappa shape index (κ3) is 4.37. The van der Waals surface area contributed by atoms with Gasteiger partial charge in [0.1, 0.15) is 17.0 Å². The van der Waals surface area contributed by atoms with Crippen molar-refractivity contribution in [1.29, 1.82) is 0 Å². The molecule has 3 aromatic carbocycles. The molecule has 37 heavy (non-hydrogen) atoms. The number of hydrogen-bond donors (Lipinski definition) is 1. The zero-order valence-corrected chi connectivity index (χ0v) is 21.5. The third-order valence-electron chi connectivity index (χ3n) is 7.14. The second kappa shape index (κ2) is 9.58. The van der Waals surface area contributed by atoms with E-state index in [4.69, 9.17) is 9.84 Å². The number of nitrogens with one attached hydrogen (secondary N) is 1. The average molecular weight is 495 g/mol. The zero-order chi connectivity index (χ0) is 26.2. The zero-order valence-electron chi connectivity index (χ0n) is 21.5. The van der Waals surface area contributed by atoms with Crippen LogP contribution in [0.4, 0.5) is 5.69 Å². The quantitative estimate of drug-likeness (QED) is 0.413. The van der Waals surface area contributed by atoms with Crippen molar-refractivity contribution < 1.29 is 14.3 Å². The van der Waals surface area contributed by atoms with Gasteiger partial charge in [-0.3, -0.25) is 19.2 Å². The Kier molecular flexibility index (Phi) is 6.29. The highest BCUT2D eigenvalue weighted by atomic mass is 16.5. The Labute approximate surface area is 216 Å². The summed E-state index contributed by atoms with van der Waals surface area (Å²) >= 11 is 0. The second-order valence-electron chi connectivity index (χ2n) is 9.60. The Bertz CT molecular complexity index is 1460. The van der Waals surface area contributed by atoms with Crippen molar-refractivity contribution in [2.45, 2.75) is 39.4 Å². The maximum Gasteiger partial charge on any atom is 0.277 e. The van der Waals surface area contributed by atoms with Gasteiger partial charge in [0.05, 0.1) is 19.3 Å². The van der Waals surface area contributed by atoms with Gasteiger partial charge in [-0.1, -0.05) is 42.5 Å². The van der Waals surface area contributed by atoms with Crippen molar-refractivity contribution >= 4 is 17.5 Å². The summed E-state index contributed by atoms with van der Waals surface area (Å²) in [6.07, 6.45) is 0. The Morgan fingerprint density at radius 2 is 1.76 bits per heavy atom. The van der Waals surface area contributed by atoms with Crippen LogP contribution in [0.2, 0.25) is 0 Å². The van der Waals surface area contributed by atoms with Crippen molar-refractivity contribution in [3.8, 4) is 17.0 Å². The molecule has 1 aliphatic heterocycles. The fourth-order valence-electron chi connectivity index (χ4n) is 4.81. The van der Waals surface area contributed by atoms with Gasteiger partial charge in [0, 0.05) is 17.8 Å². The van der Waals surface area contributed by atoms with Crippen LogP contribution in [0.5, 0.6) is 5.75 Å². The fourth-order valence-corrected chi connectivity index (χ4v) is 4.81. The molecule has 7 heteroatoms. The first-order valence-electron chi connectivity index (χ1n) is 12.3. The molecule has 0 aliphatic carbocycles. The number of nitrogens with zero attached hydrogens (tertiary/aromatic N) is 3. The number of amides is 2. The number of carbonyl (C=O) groups is 2.